The summed E-state index contributed by atoms with van der Waals surface area (Å²) in [5.74, 6) is 0. The van der Waals surface area contributed by atoms with Crippen LogP contribution in [0.2, 0.25) is 5.31 Å². The molecule has 0 heterocycles. The van der Waals surface area contributed by atoms with Crippen LogP contribution in [0.15, 0.2) is 91.0 Å². The lowest BCUT2D eigenvalue weighted by Crippen LogP contribution is -2.39. The van der Waals surface area contributed by atoms with E-state index in [1.807, 2.05) is 0 Å². The maximum absolute atomic E-state index is 2.68. The van der Waals surface area contributed by atoms with Crippen molar-refractivity contribution in [2.45, 2.75) is 91.2 Å². The van der Waals surface area contributed by atoms with E-state index in [2.05, 4.69) is 147 Å². The molecule has 1 atom stereocenters. The molecule has 4 aromatic rings. The Labute approximate surface area is 239 Å². The fourth-order valence-corrected chi connectivity index (χ4v) is 6.66. The summed E-state index contributed by atoms with van der Waals surface area (Å²) in [5, 5.41) is 0.270. The normalized spacial score (nSPS) is 13.2. The van der Waals surface area contributed by atoms with Crippen LogP contribution in [0.1, 0.15) is 83.4 Å². The minimum atomic E-state index is 0.108. The topological polar surface area (TPSA) is 0 Å². The van der Waals surface area contributed by atoms with Crippen LogP contribution in [-0.4, -0.2) is 7.28 Å². The summed E-state index contributed by atoms with van der Waals surface area (Å²) in [7, 11) is 2.68. The third-order valence-electron chi connectivity index (χ3n) is 7.89. The molecule has 0 saturated carbocycles. The predicted octanol–water partition coefficient (Wildman–Crippen LogP) is 11.4. The van der Waals surface area contributed by atoms with Crippen molar-refractivity contribution in [2.75, 3.05) is 0 Å². The molecule has 0 aromatic heterocycles. The van der Waals surface area contributed by atoms with Gasteiger partial charge in [0.1, 0.15) is 7.28 Å². The molecule has 0 saturated heterocycles. The van der Waals surface area contributed by atoms with E-state index in [-0.39, 0.29) is 10.6 Å². The number of benzene rings is 4. The number of hydrogen-bond acceptors (Lipinski definition) is 0. The molecular weight excluding hydrogens is 467 g/mol. The van der Waals surface area contributed by atoms with E-state index < -0.39 is 0 Å². The summed E-state index contributed by atoms with van der Waals surface area (Å²) in [5.41, 5.74) is 12.0. The van der Waals surface area contributed by atoms with Crippen molar-refractivity contribution in [3.05, 3.63) is 108 Å². The largest absolute Gasteiger partial charge is 0.131 e. The van der Waals surface area contributed by atoms with E-state index in [1.54, 1.807) is 5.56 Å². The van der Waals surface area contributed by atoms with Crippen molar-refractivity contribution in [3.8, 4) is 33.4 Å². The lowest BCUT2D eigenvalue weighted by atomic mass is 9.36. The fourth-order valence-electron chi connectivity index (χ4n) is 6.66. The van der Waals surface area contributed by atoms with Crippen LogP contribution in [0, 0.1) is 13.8 Å². The van der Waals surface area contributed by atoms with Gasteiger partial charge in [-0.25, -0.2) is 0 Å². The molecule has 0 bridgehead atoms. The summed E-state index contributed by atoms with van der Waals surface area (Å²) in [6.45, 7) is 16.4. The van der Waals surface area contributed by atoms with Gasteiger partial charge >= 0.3 is 0 Å². The molecule has 0 nitrogen and oxygen atoms in total. The Morgan fingerprint density at radius 1 is 0.538 bits per heavy atom. The molecule has 0 aliphatic heterocycles. The van der Waals surface area contributed by atoms with Gasteiger partial charge in [0.15, 0.2) is 0 Å². The van der Waals surface area contributed by atoms with Crippen LogP contribution < -0.4 is 0 Å². The summed E-state index contributed by atoms with van der Waals surface area (Å²) >= 11 is 0. The molecule has 39 heavy (non-hydrogen) atoms. The number of hydrogen-bond donors (Lipinski definition) is 0. The SMILES string of the molecule is CCCCC([B]C(C)(C)C)(CCC)c1c(C)cc(-c2cc(-c3ccccc3)cc(-c3ccccc3)c2)cc1C. The molecule has 4 aromatic carbocycles. The van der Waals surface area contributed by atoms with E-state index in [0.717, 1.165) is 0 Å². The second-order valence-corrected chi connectivity index (χ2v) is 12.5. The lowest BCUT2D eigenvalue weighted by Gasteiger charge is -2.41. The van der Waals surface area contributed by atoms with Crippen molar-refractivity contribution in [1.82, 2.24) is 0 Å². The highest BCUT2D eigenvalue weighted by molar-refractivity contribution is 6.44. The zero-order valence-electron chi connectivity index (χ0n) is 25.3. The average Bonchev–Trinajstić information content (AvgIpc) is 2.91. The first-order chi connectivity index (χ1) is 18.7. The molecule has 0 fully saturated rings. The minimum absolute atomic E-state index is 0.108. The van der Waals surface area contributed by atoms with E-state index in [1.165, 1.54) is 76.6 Å². The monoisotopic (exact) mass is 513 g/mol. The molecular formula is C38H46B. The number of aryl methyl sites for hydroxylation is 2. The molecule has 0 amide bonds. The fraction of sp³-hybridized carbons (Fsp3) is 0.368. The molecule has 1 heteroatoms. The van der Waals surface area contributed by atoms with Crippen molar-refractivity contribution in [3.63, 3.8) is 0 Å². The molecule has 4 rings (SSSR count). The summed E-state index contributed by atoms with van der Waals surface area (Å²) < 4.78 is 0. The number of rotatable bonds is 10. The number of unbranched alkanes of at least 4 members (excludes halogenated alkanes) is 1. The standard InChI is InChI=1S/C38H46B/c1-8-10-22-38(21-9-2,39-37(5,6)7)36-28(3)23-32(24-29(36)4)35-26-33(30-17-13-11-14-18-30)25-34(27-35)31-19-15-12-16-20-31/h11-20,23-27H,8-10,21-22H2,1-7H3. The molecule has 1 radical (unpaired) electrons. The summed E-state index contributed by atoms with van der Waals surface area (Å²) in [4.78, 5) is 0. The molecule has 0 aliphatic carbocycles. The molecule has 1 unspecified atom stereocenters. The highest BCUT2D eigenvalue weighted by Crippen LogP contribution is 2.44. The second-order valence-electron chi connectivity index (χ2n) is 12.5. The highest BCUT2D eigenvalue weighted by atomic mass is 14.3. The van der Waals surface area contributed by atoms with Crippen LogP contribution in [0.5, 0.6) is 0 Å². The van der Waals surface area contributed by atoms with Gasteiger partial charge < -0.3 is 0 Å². The van der Waals surface area contributed by atoms with Gasteiger partial charge in [-0.2, -0.15) is 0 Å². The Balaban J connectivity index is 1.88. The van der Waals surface area contributed by atoms with Crippen LogP contribution in [0.3, 0.4) is 0 Å². The smallest absolute Gasteiger partial charge is 0.0674 e. The van der Waals surface area contributed by atoms with E-state index >= 15 is 0 Å². The zero-order valence-corrected chi connectivity index (χ0v) is 25.3. The Morgan fingerprint density at radius 3 is 1.38 bits per heavy atom. The average molecular weight is 514 g/mol. The molecule has 0 N–H and O–H groups in total. The van der Waals surface area contributed by atoms with Crippen molar-refractivity contribution in [2.24, 2.45) is 0 Å². The van der Waals surface area contributed by atoms with Crippen LogP contribution in [-0.2, 0) is 5.31 Å². The highest BCUT2D eigenvalue weighted by Gasteiger charge is 2.38. The molecule has 201 valence electrons. The summed E-state index contributed by atoms with van der Waals surface area (Å²) in [6, 6.07) is 33.5. The zero-order chi connectivity index (χ0) is 28.0. The van der Waals surface area contributed by atoms with Crippen LogP contribution in [0.25, 0.3) is 33.4 Å². The van der Waals surface area contributed by atoms with Gasteiger partial charge in [-0.05, 0) is 87.4 Å². The maximum atomic E-state index is 2.68. The second kappa shape index (κ2) is 12.4. The van der Waals surface area contributed by atoms with E-state index in [9.17, 15) is 0 Å². The Morgan fingerprint density at radius 2 is 0.974 bits per heavy atom. The van der Waals surface area contributed by atoms with E-state index in [0.29, 0.717) is 0 Å². The quantitative estimate of drug-likeness (QED) is 0.185. The van der Waals surface area contributed by atoms with Gasteiger partial charge in [0.25, 0.3) is 0 Å². The summed E-state index contributed by atoms with van der Waals surface area (Å²) in [6.07, 6.45) is 6.10. The Bertz CT molecular complexity index is 1280. The van der Waals surface area contributed by atoms with Gasteiger partial charge in [0, 0.05) is 0 Å². The first-order valence-electron chi connectivity index (χ1n) is 14.9. The first-order valence-corrected chi connectivity index (χ1v) is 14.9. The van der Waals surface area contributed by atoms with Gasteiger partial charge in [0.05, 0.1) is 0 Å². The van der Waals surface area contributed by atoms with Crippen molar-refractivity contribution >= 4 is 7.28 Å². The van der Waals surface area contributed by atoms with Gasteiger partial charge in [0.2, 0.25) is 0 Å². The van der Waals surface area contributed by atoms with Gasteiger partial charge in [-0.3, -0.25) is 0 Å². The maximum Gasteiger partial charge on any atom is 0.131 e. The van der Waals surface area contributed by atoms with Gasteiger partial charge in [-0.15, -0.1) is 0 Å². The van der Waals surface area contributed by atoms with Crippen molar-refractivity contribution < 1.29 is 0 Å². The molecule has 0 spiro atoms. The van der Waals surface area contributed by atoms with Crippen LogP contribution >= 0.6 is 0 Å². The predicted molar refractivity (Wildman–Crippen MR) is 174 cm³/mol. The molecule has 0 aliphatic rings. The first kappa shape index (κ1) is 28.9. The van der Waals surface area contributed by atoms with Crippen LogP contribution in [0.4, 0.5) is 0 Å². The van der Waals surface area contributed by atoms with Gasteiger partial charge in [-0.1, -0.05) is 145 Å². The Kier molecular flexibility index (Phi) is 9.21. The Hall–Kier alpha value is -3.06. The third-order valence-corrected chi connectivity index (χ3v) is 7.89. The van der Waals surface area contributed by atoms with Crippen molar-refractivity contribution in [1.29, 1.82) is 0 Å². The lowest BCUT2D eigenvalue weighted by molar-refractivity contribution is 0.459. The van der Waals surface area contributed by atoms with E-state index in [4.69, 9.17) is 0 Å². The minimum Gasteiger partial charge on any atom is -0.0674 e. The third kappa shape index (κ3) is 6.94.